The summed E-state index contributed by atoms with van der Waals surface area (Å²) in [5, 5.41) is 11.0. The second-order valence-electron chi connectivity index (χ2n) is 17.2. The molecule has 0 bridgehead atoms. The first-order chi connectivity index (χ1) is 33.2. The van der Waals surface area contributed by atoms with Gasteiger partial charge >= 0.3 is 6.16 Å². The number of likely N-dealkylation sites (tertiary alicyclic amines) is 1. The summed E-state index contributed by atoms with van der Waals surface area (Å²) in [4.78, 5) is 75.9. The first-order valence-electron chi connectivity index (χ1n) is 24.2. The van der Waals surface area contributed by atoms with Gasteiger partial charge in [0.1, 0.15) is 18.7 Å². The number of carbonyl (C=O) groups is 6. The molecule has 2 rings (SSSR count). The van der Waals surface area contributed by atoms with Crippen molar-refractivity contribution in [2.24, 2.45) is 17.8 Å². The lowest BCUT2D eigenvalue weighted by Gasteiger charge is -2.24. The van der Waals surface area contributed by atoms with Crippen LogP contribution >= 0.6 is 0 Å². The Morgan fingerprint density at radius 1 is 0.609 bits per heavy atom. The Labute approximate surface area is 408 Å². The van der Waals surface area contributed by atoms with Crippen LogP contribution in [-0.2, 0) is 77.9 Å². The van der Waals surface area contributed by atoms with E-state index in [1.54, 1.807) is 63.8 Å². The number of carbonyl (C=O) groups excluding carboxylic acids is 6. The molecule has 0 saturated carbocycles. The van der Waals surface area contributed by atoms with Gasteiger partial charge in [-0.1, -0.05) is 39.8 Å². The van der Waals surface area contributed by atoms with Crippen LogP contribution in [0.15, 0.2) is 24.3 Å². The van der Waals surface area contributed by atoms with E-state index in [1.807, 2.05) is 0 Å². The fraction of sp³-hybridized carbons (Fsp3) is 0.750. The van der Waals surface area contributed by atoms with Crippen molar-refractivity contribution >= 4 is 41.4 Å². The highest BCUT2D eigenvalue weighted by Crippen LogP contribution is 2.24. The lowest BCUT2D eigenvalue weighted by Crippen LogP contribution is -2.53. The second-order valence-corrected chi connectivity index (χ2v) is 17.2. The van der Waals surface area contributed by atoms with E-state index in [0.717, 1.165) is 6.54 Å². The summed E-state index contributed by atoms with van der Waals surface area (Å²) in [5.41, 5.74) is 1.19. The fourth-order valence-electron chi connectivity index (χ4n) is 6.31. The Kier molecular flexibility index (Phi) is 32.8. The number of rotatable bonds is 40. The molecule has 1 aromatic carbocycles. The summed E-state index contributed by atoms with van der Waals surface area (Å²) in [6.07, 6.45) is -0.142. The Morgan fingerprint density at radius 2 is 1.10 bits per heavy atom. The number of benzene rings is 1. The maximum absolute atomic E-state index is 13.0. The van der Waals surface area contributed by atoms with Gasteiger partial charge in [0.2, 0.25) is 29.5 Å². The second kappa shape index (κ2) is 37.4. The molecule has 21 heteroatoms. The van der Waals surface area contributed by atoms with Crippen molar-refractivity contribution in [1.29, 1.82) is 0 Å². The van der Waals surface area contributed by atoms with Gasteiger partial charge in [-0.2, -0.15) is 0 Å². The van der Waals surface area contributed by atoms with Crippen LogP contribution in [0.3, 0.4) is 0 Å². The molecule has 69 heavy (non-hydrogen) atoms. The van der Waals surface area contributed by atoms with E-state index in [0.29, 0.717) is 142 Å². The van der Waals surface area contributed by atoms with Gasteiger partial charge in [0.05, 0.1) is 112 Å². The average molecular weight is 984 g/mol. The summed E-state index contributed by atoms with van der Waals surface area (Å²) in [5.74, 6) is -0.655. The molecule has 1 fully saturated rings. The number of ether oxygens (including phenoxy) is 10. The summed E-state index contributed by atoms with van der Waals surface area (Å²) in [6, 6.07) is 4.94. The monoisotopic (exact) mass is 984 g/mol. The molecule has 5 amide bonds. The molecule has 394 valence electrons. The van der Waals surface area contributed by atoms with Crippen LogP contribution in [0.5, 0.6) is 0 Å². The highest BCUT2D eigenvalue weighted by atomic mass is 16.7. The standard InChI is InChI=1S/C48H81N5O16/c1-35(2)40-32-44(56)53(33-40)15-12-42(54)49-14-17-61-19-21-63-23-25-65-27-29-67-31-30-66-28-26-64-24-22-62-20-18-60-16-13-43(55)52-45(36(3)4)47(58)50-38(7)46(57)51-41-10-8-39(9-11-41)34-68-48(59)69-37(5)6/h8-11,35-38,40,45H,12-34H2,1-7H3,(H,49,54)(H,50,58)(H,51,57)(H,52,55)/t38-,40?,45-/m0/s1. The lowest BCUT2D eigenvalue weighted by molar-refractivity contribution is -0.132. The Bertz CT molecular complexity index is 1600. The molecular weight excluding hydrogens is 903 g/mol. The van der Waals surface area contributed by atoms with Crippen LogP contribution in [0, 0.1) is 17.8 Å². The van der Waals surface area contributed by atoms with Crippen molar-refractivity contribution in [3.63, 3.8) is 0 Å². The summed E-state index contributed by atoms with van der Waals surface area (Å²) in [7, 11) is 0. The van der Waals surface area contributed by atoms with Gasteiger partial charge in [-0.05, 0) is 56.2 Å². The van der Waals surface area contributed by atoms with Gasteiger partial charge in [-0.25, -0.2) is 4.79 Å². The van der Waals surface area contributed by atoms with E-state index >= 15 is 0 Å². The third-order valence-corrected chi connectivity index (χ3v) is 10.4. The van der Waals surface area contributed by atoms with E-state index in [4.69, 9.17) is 47.4 Å². The van der Waals surface area contributed by atoms with Gasteiger partial charge in [0.25, 0.3) is 0 Å². The molecule has 3 atom stereocenters. The van der Waals surface area contributed by atoms with Gasteiger partial charge in [0, 0.05) is 44.6 Å². The highest BCUT2D eigenvalue weighted by Gasteiger charge is 2.31. The van der Waals surface area contributed by atoms with Crippen molar-refractivity contribution < 1.29 is 76.1 Å². The van der Waals surface area contributed by atoms with E-state index in [-0.39, 0.29) is 56.0 Å². The largest absolute Gasteiger partial charge is 0.508 e. The first kappa shape index (κ1) is 60.6. The minimum absolute atomic E-state index is 0.0146. The third-order valence-electron chi connectivity index (χ3n) is 10.4. The molecule has 1 saturated heterocycles. The van der Waals surface area contributed by atoms with Gasteiger partial charge in [0.15, 0.2) is 0 Å². The minimum atomic E-state index is -0.890. The Hall–Kier alpha value is -4.48. The van der Waals surface area contributed by atoms with Crippen molar-refractivity contribution in [2.45, 2.75) is 92.5 Å². The highest BCUT2D eigenvalue weighted by molar-refractivity contribution is 5.98. The predicted molar refractivity (Wildman–Crippen MR) is 254 cm³/mol. The van der Waals surface area contributed by atoms with Crippen LogP contribution in [0.2, 0.25) is 0 Å². The van der Waals surface area contributed by atoms with Crippen LogP contribution < -0.4 is 21.3 Å². The molecule has 1 heterocycles. The van der Waals surface area contributed by atoms with Crippen molar-refractivity contribution in [2.75, 3.05) is 131 Å². The Morgan fingerprint density at radius 3 is 1.57 bits per heavy atom. The molecule has 1 unspecified atom stereocenters. The zero-order valence-corrected chi connectivity index (χ0v) is 42.0. The number of amides is 5. The molecule has 1 aliphatic heterocycles. The molecule has 1 aromatic rings. The van der Waals surface area contributed by atoms with Crippen LogP contribution in [0.4, 0.5) is 10.5 Å². The molecule has 4 N–H and O–H groups in total. The number of hydrogen-bond donors (Lipinski definition) is 4. The van der Waals surface area contributed by atoms with E-state index in [1.165, 1.54) is 0 Å². The zero-order valence-electron chi connectivity index (χ0n) is 42.0. The maximum atomic E-state index is 13.0. The Balaban J connectivity index is 1.33. The smallest absolute Gasteiger partial charge is 0.432 e. The molecule has 0 radical (unpaired) electrons. The van der Waals surface area contributed by atoms with E-state index < -0.39 is 30.1 Å². The molecular formula is C48H81N5O16. The third kappa shape index (κ3) is 30.0. The van der Waals surface area contributed by atoms with Crippen molar-refractivity contribution in [3.05, 3.63) is 29.8 Å². The van der Waals surface area contributed by atoms with Gasteiger partial charge in [-0.3, -0.25) is 24.0 Å². The molecule has 0 aromatic heterocycles. The molecule has 0 spiro atoms. The number of anilines is 1. The maximum Gasteiger partial charge on any atom is 0.508 e. The molecule has 1 aliphatic rings. The number of nitrogens with one attached hydrogen (secondary N) is 4. The van der Waals surface area contributed by atoms with Gasteiger partial charge in [-0.15, -0.1) is 0 Å². The SMILES string of the molecule is CC(C)OC(=O)OCc1ccc(NC(=O)[C@H](C)NC(=O)[C@@H](NC(=O)CCOCCOCCOCCOCCOCCOCCOCCOCCNC(=O)CCN2CC(C(C)C)CC2=O)C(C)C)cc1. The first-order valence-corrected chi connectivity index (χ1v) is 24.2. The topological polar surface area (TPSA) is 246 Å². The fourth-order valence-corrected chi connectivity index (χ4v) is 6.31. The predicted octanol–water partition coefficient (Wildman–Crippen LogP) is 2.87. The minimum Gasteiger partial charge on any atom is -0.432 e. The van der Waals surface area contributed by atoms with Crippen LogP contribution in [0.1, 0.15) is 73.3 Å². The zero-order chi connectivity index (χ0) is 50.7. The van der Waals surface area contributed by atoms with E-state index in [9.17, 15) is 28.8 Å². The van der Waals surface area contributed by atoms with Crippen LogP contribution in [0.25, 0.3) is 0 Å². The molecule has 21 nitrogen and oxygen atoms in total. The summed E-state index contributed by atoms with van der Waals surface area (Å²) >= 11 is 0. The normalized spacial score (nSPS) is 14.6. The van der Waals surface area contributed by atoms with Gasteiger partial charge < -0.3 is 73.5 Å². The molecule has 0 aliphatic carbocycles. The summed E-state index contributed by atoms with van der Waals surface area (Å²) in [6.45, 7) is 20.6. The van der Waals surface area contributed by atoms with Crippen molar-refractivity contribution in [1.82, 2.24) is 20.9 Å². The van der Waals surface area contributed by atoms with E-state index in [2.05, 4.69) is 35.1 Å². The number of nitrogens with zero attached hydrogens (tertiary/aromatic N) is 1. The number of hydrogen-bond acceptors (Lipinski definition) is 16. The van der Waals surface area contributed by atoms with Crippen molar-refractivity contribution in [3.8, 4) is 0 Å². The lowest BCUT2D eigenvalue weighted by atomic mass is 9.95. The summed E-state index contributed by atoms with van der Waals surface area (Å²) < 4.78 is 54.0. The van der Waals surface area contributed by atoms with Crippen LogP contribution in [-0.4, -0.2) is 184 Å². The average Bonchev–Trinajstić information content (AvgIpc) is 3.69. The quantitative estimate of drug-likeness (QED) is 0.0546.